The highest BCUT2D eigenvalue weighted by Gasteiger charge is 2.19. The van der Waals surface area contributed by atoms with Crippen LogP contribution in [-0.4, -0.2) is 20.5 Å². The van der Waals surface area contributed by atoms with E-state index in [2.05, 4.69) is 17.4 Å². The van der Waals surface area contributed by atoms with Crippen molar-refractivity contribution in [3.05, 3.63) is 87.8 Å². The van der Waals surface area contributed by atoms with Crippen LogP contribution in [0.15, 0.2) is 54.6 Å². The van der Waals surface area contributed by atoms with Gasteiger partial charge in [0.15, 0.2) is 5.65 Å². The minimum atomic E-state index is -0.0746. The van der Waals surface area contributed by atoms with Crippen LogP contribution in [-0.2, 0) is 17.8 Å². The number of halogens is 1. The Morgan fingerprint density at radius 3 is 2.43 bits per heavy atom. The molecule has 0 radical (unpaired) electrons. The van der Waals surface area contributed by atoms with Crippen molar-refractivity contribution in [1.82, 2.24) is 19.9 Å². The third-order valence-electron chi connectivity index (χ3n) is 5.33. The number of benzene rings is 2. The fourth-order valence-corrected chi connectivity index (χ4v) is 3.93. The normalized spacial score (nSPS) is 11.1. The molecule has 0 saturated carbocycles. The van der Waals surface area contributed by atoms with E-state index in [0.29, 0.717) is 11.6 Å². The van der Waals surface area contributed by atoms with E-state index in [0.717, 1.165) is 45.0 Å². The lowest BCUT2D eigenvalue weighted by Crippen LogP contribution is -2.26. The fourth-order valence-electron chi connectivity index (χ4n) is 3.73. The van der Waals surface area contributed by atoms with E-state index in [9.17, 15) is 4.79 Å². The molecule has 0 aliphatic heterocycles. The molecule has 0 unspecified atom stereocenters. The number of nitrogens with zero attached hydrogens (tertiary/aromatic N) is 3. The Balaban J connectivity index is 1.62. The highest BCUT2D eigenvalue weighted by molar-refractivity contribution is 6.31. The largest absolute Gasteiger partial charge is 0.352 e. The number of hydrogen-bond donors (Lipinski definition) is 1. The summed E-state index contributed by atoms with van der Waals surface area (Å²) < 4.78 is 1.85. The molecule has 0 aliphatic rings. The summed E-state index contributed by atoms with van der Waals surface area (Å²) in [5, 5.41) is 8.31. The second-order valence-corrected chi connectivity index (χ2v) is 7.78. The van der Waals surface area contributed by atoms with E-state index in [-0.39, 0.29) is 12.3 Å². The first-order chi connectivity index (χ1) is 14.5. The van der Waals surface area contributed by atoms with Crippen molar-refractivity contribution in [1.29, 1.82) is 0 Å². The molecule has 0 saturated heterocycles. The molecule has 1 N–H and O–H groups in total. The second kappa shape index (κ2) is 8.28. The van der Waals surface area contributed by atoms with Crippen LogP contribution in [0.4, 0.5) is 0 Å². The summed E-state index contributed by atoms with van der Waals surface area (Å²) in [4.78, 5) is 17.4. The molecule has 2 aromatic carbocycles. The number of aromatic nitrogens is 3. The van der Waals surface area contributed by atoms with Gasteiger partial charge in [0.1, 0.15) is 0 Å². The fraction of sp³-hybridized carbons (Fsp3) is 0.208. The number of amides is 1. The zero-order valence-electron chi connectivity index (χ0n) is 17.2. The van der Waals surface area contributed by atoms with Crippen molar-refractivity contribution in [3.8, 4) is 11.1 Å². The SMILES string of the molecule is Cc1nc2c(-c3ccccc3)c(C)nn2c(C)c1CC(=O)NCc1ccccc1Cl. The van der Waals surface area contributed by atoms with Crippen LogP contribution in [0, 0.1) is 20.8 Å². The molecule has 0 spiro atoms. The smallest absolute Gasteiger partial charge is 0.224 e. The highest BCUT2D eigenvalue weighted by atomic mass is 35.5. The third-order valence-corrected chi connectivity index (χ3v) is 5.70. The van der Waals surface area contributed by atoms with Crippen LogP contribution in [0.3, 0.4) is 0 Å². The summed E-state index contributed by atoms with van der Waals surface area (Å²) in [6.45, 7) is 6.31. The monoisotopic (exact) mass is 418 g/mol. The number of hydrogen-bond acceptors (Lipinski definition) is 3. The molecule has 4 aromatic rings. The lowest BCUT2D eigenvalue weighted by Gasteiger charge is -2.12. The molecule has 1 amide bonds. The standard InChI is InChI=1S/C24H23ClN4O/c1-15-20(13-22(30)26-14-19-11-7-8-12-21(19)25)17(3)29-24(27-15)23(16(2)28-29)18-9-5-4-6-10-18/h4-12H,13-14H2,1-3H3,(H,26,30). The van der Waals surface area contributed by atoms with Gasteiger partial charge in [0, 0.05) is 34.1 Å². The van der Waals surface area contributed by atoms with E-state index in [1.54, 1.807) is 0 Å². The first-order valence-electron chi connectivity index (χ1n) is 9.86. The van der Waals surface area contributed by atoms with Gasteiger partial charge in [-0.3, -0.25) is 4.79 Å². The lowest BCUT2D eigenvalue weighted by atomic mass is 10.1. The Bertz CT molecular complexity index is 1230. The molecule has 4 rings (SSSR count). The summed E-state index contributed by atoms with van der Waals surface area (Å²) in [5.41, 5.74) is 7.38. The van der Waals surface area contributed by atoms with Crippen LogP contribution in [0.5, 0.6) is 0 Å². The maximum absolute atomic E-state index is 12.6. The van der Waals surface area contributed by atoms with Crippen LogP contribution in [0.1, 0.15) is 28.2 Å². The third kappa shape index (κ3) is 3.81. The molecule has 2 aromatic heterocycles. The number of nitrogens with one attached hydrogen (secondary N) is 1. The molecule has 0 bridgehead atoms. The Morgan fingerprint density at radius 2 is 1.70 bits per heavy atom. The predicted octanol–water partition coefficient (Wildman–Crippen LogP) is 4.83. The van der Waals surface area contributed by atoms with Crippen molar-refractivity contribution >= 4 is 23.2 Å². The van der Waals surface area contributed by atoms with E-state index < -0.39 is 0 Å². The summed E-state index contributed by atoms with van der Waals surface area (Å²) in [6.07, 6.45) is 0.241. The minimum absolute atomic E-state index is 0.0746. The van der Waals surface area contributed by atoms with Gasteiger partial charge in [-0.25, -0.2) is 9.50 Å². The molecule has 0 atom stereocenters. The van der Waals surface area contributed by atoms with Crippen molar-refractivity contribution < 1.29 is 4.79 Å². The quantitative estimate of drug-likeness (QED) is 0.504. The van der Waals surface area contributed by atoms with Gasteiger partial charge in [0.25, 0.3) is 0 Å². The number of rotatable bonds is 5. The Kier molecular flexibility index (Phi) is 5.55. The number of aryl methyl sites for hydroxylation is 3. The van der Waals surface area contributed by atoms with Gasteiger partial charge in [0.05, 0.1) is 12.1 Å². The van der Waals surface area contributed by atoms with Crippen molar-refractivity contribution in [2.24, 2.45) is 0 Å². The lowest BCUT2D eigenvalue weighted by molar-refractivity contribution is -0.120. The highest BCUT2D eigenvalue weighted by Crippen LogP contribution is 2.29. The van der Waals surface area contributed by atoms with Gasteiger partial charge < -0.3 is 5.32 Å². The van der Waals surface area contributed by atoms with Gasteiger partial charge in [0.2, 0.25) is 5.91 Å². The average Bonchev–Trinajstić information content (AvgIpc) is 3.07. The van der Waals surface area contributed by atoms with E-state index >= 15 is 0 Å². The van der Waals surface area contributed by atoms with Gasteiger partial charge in [-0.05, 0) is 38.0 Å². The maximum Gasteiger partial charge on any atom is 0.224 e. The predicted molar refractivity (Wildman–Crippen MR) is 120 cm³/mol. The molecule has 6 heteroatoms. The van der Waals surface area contributed by atoms with Crippen molar-refractivity contribution in [2.45, 2.75) is 33.7 Å². The minimum Gasteiger partial charge on any atom is -0.352 e. The van der Waals surface area contributed by atoms with Crippen molar-refractivity contribution in [2.75, 3.05) is 0 Å². The number of carbonyl (C=O) groups excluding carboxylic acids is 1. The van der Waals surface area contributed by atoms with Gasteiger partial charge in [-0.2, -0.15) is 5.10 Å². The molecule has 0 aliphatic carbocycles. The van der Waals surface area contributed by atoms with Gasteiger partial charge >= 0.3 is 0 Å². The van der Waals surface area contributed by atoms with Crippen LogP contribution >= 0.6 is 11.6 Å². The van der Waals surface area contributed by atoms with Crippen molar-refractivity contribution in [3.63, 3.8) is 0 Å². The summed E-state index contributed by atoms with van der Waals surface area (Å²) in [7, 11) is 0. The van der Waals surface area contributed by atoms with Crippen LogP contribution < -0.4 is 5.32 Å². The molecule has 5 nitrogen and oxygen atoms in total. The Hall–Kier alpha value is -3.18. The number of carbonyl (C=O) groups is 1. The molecular formula is C24H23ClN4O. The van der Waals surface area contributed by atoms with E-state index in [1.165, 1.54) is 0 Å². The number of fused-ring (bicyclic) bond motifs is 1. The van der Waals surface area contributed by atoms with Gasteiger partial charge in [-0.1, -0.05) is 60.1 Å². The first-order valence-corrected chi connectivity index (χ1v) is 10.2. The van der Waals surface area contributed by atoms with Gasteiger partial charge in [-0.15, -0.1) is 0 Å². The molecule has 152 valence electrons. The average molecular weight is 419 g/mol. The topological polar surface area (TPSA) is 59.3 Å². The molecular weight excluding hydrogens is 396 g/mol. The second-order valence-electron chi connectivity index (χ2n) is 7.37. The van der Waals surface area contributed by atoms with E-state index in [1.807, 2.05) is 67.8 Å². The maximum atomic E-state index is 12.6. The summed E-state index contributed by atoms with van der Waals surface area (Å²) in [6, 6.07) is 17.6. The van der Waals surface area contributed by atoms with E-state index in [4.69, 9.17) is 21.7 Å². The Labute approximate surface area is 180 Å². The first kappa shape index (κ1) is 20.1. The summed E-state index contributed by atoms with van der Waals surface area (Å²) in [5.74, 6) is -0.0746. The molecule has 30 heavy (non-hydrogen) atoms. The zero-order valence-corrected chi connectivity index (χ0v) is 18.0. The Morgan fingerprint density at radius 1 is 1.00 bits per heavy atom. The van der Waals surface area contributed by atoms with Crippen LogP contribution in [0.25, 0.3) is 16.8 Å². The molecule has 2 heterocycles. The molecule has 0 fully saturated rings. The zero-order chi connectivity index (χ0) is 21.3. The van der Waals surface area contributed by atoms with Crippen LogP contribution in [0.2, 0.25) is 5.02 Å². The summed E-state index contributed by atoms with van der Waals surface area (Å²) >= 11 is 6.18.